The molecular formula is C20H24O9. The SMILES string of the molecule is COc1cc(O[C@H]2O[C@@H](CO)[C@H](O)[C@@H](O)[C@@H]2O)c2c(O)c(C(C)=O)c(C)cc2c1. The van der Waals surface area contributed by atoms with Crippen molar-refractivity contribution in [3.63, 3.8) is 0 Å². The second-order valence-electron chi connectivity index (χ2n) is 7.01. The number of benzene rings is 2. The number of phenolic OH excluding ortho intramolecular Hbond substituents is 1. The summed E-state index contributed by atoms with van der Waals surface area (Å²) in [5.41, 5.74) is 0.691. The molecule has 0 aliphatic carbocycles. The van der Waals surface area contributed by atoms with Crippen LogP contribution in [0, 0.1) is 6.92 Å². The van der Waals surface area contributed by atoms with Gasteiger partial charge in [0.1, 0.15) is 41.7 Å². The summed E-state index contributed by atoms with van der Waals surface area (Å²) in [5, 5.41) is 51.0. The number of aromatic hydroxyl groups is 1. The number of aryl methyl sites for hydroxylation is 1. The van der Waals surface area contributed by atoms with Gasteiger partial charge in [0, 0.05) is 6.07 Å². The molecule has 9 nitrogen and oxygen atoms in total. The second-order valence-corrected chi connectivity index (χ2v) is 7.01. The van der Waals surface area contributed by atoms with Crippen LogP contribution in [0.2, 0.25) is 0 Å². The van der Waals surface area contributed by atoms with Crippen LogP contribution in [0.1, 0.15) is 22.8 Å². The molecule has 5 N–H and O–H groups in total. The van der Waals surface area contributed by atoms with E-state index in [-0.39, 0.29) is 28.2 Å². The molecule has 9 heteroatoms. The number of aliphatic hydroxyl groups excluding tert-OH is 4. The van der Waals surface area contributed by atoms with Crippen LogP contribution in [-0.2, 0) is 4.74 Å². The lowest BCUT2D eigenvalue weighted by atomic mass is 9.96. The van der Waals surface area contributed by atoms with Crippen molar-refractivity contribution in [3.8, 4) is 17.2 Å². The molecule has 2 aromatic rings. The zero-order valence-electron chi connectivity index (χ0n) is 16.2. The number of aliphatic hydroxyl groups is 4. The molecule has 0 aromatic heterocycles. The molecule has 29 heavy (non-hydrogen) atoms. The molecule has 0 amide bonds. The molecule has 0 radical (unpaired) electrons. The van der Waals surface area contributed by atoms with Gasteiger partial charge in [-0.15, -0.1) is 0 Å². The molecule has 1 aliphatic heterocycles. The van der Waals surface area contributed by atoms with E-state index in [9.17, 15) is 30.3 Å². The highest BCUT2D eigenvalue weighted by Crippen LogP contribution is 2.41. The molecule has 3 rings (SSSR count). The van der Waals surface area contributed by atoms with Crippen molar-refractivity contribution in [2.45, 2.75) is 44.6 Å². The Labute approximate surface area is 166 Å². The van der Waals surface area contributed by atoms with Crippen LogP contribution in [0.3, 0.4) is 0 Å². The van der Waals surface area contributed by atoms with Crippen molar-refractivity contribution in [3.05, 3.63) is 29.3 Å². The maximum Gasteiger partial charge on any atom is 0.229 e. The fraction of sp³-hybridized carbons (Fsp3) is 0.450. The van der Waals surface area contributed by atoms with E-state index in [2.05, 4.69) is 0 Å². The summed E-state index contributed by atoms with van der Waals surface area (Å²) < 4.78 is 16.4. The van der Waals surface area contributed by atoms with E-state index in [0.717, 1.165) is 0 Å². The van der Waals surface area contributed by atoms with Crippen molar-refractivity contribution in [2.75, 3.05) is 13.7 Å². The van der Waals surface area contributed by atoms with Crippen LogP contribution in [0.25, 0.3) is 10.8 Å². The fourth-order valence-corrected chi connectivity index (χ4v) is 3.54. The maximum atomic E-state index is 12.0. The van der Waals surface area contributed by atoms with E-state index in [1.807, 2.05) is 0 Å². The Balaban J connectivity index is 2.13. The highest BCUT2D eigenvalue weighted by molar-refractivity contribution is 6.07. The van der Waals surface area contributed by atoms with Crippen molar-refractivity contribution in [1.29, 1.82) is 0 Å². The molecule has 2 aromatic carbocycles. The summed E-state index contributed by atoms with van der Waals surface area (Å²) in [6, 6.07) is 4.77. The number of hydrogen-bond donors (Lipinski definition) is 5. The Kier molecular flexibility index (Phi) is 5.97. The van der Waals surface area contributed by atoms with Gasteiger partial charge in [0.05, 0.1) is 24.7 Å². The predicted octanol–water partition coefficient (Wildman–Crippen LogP) is 0.244. The molecular weight excluding hydrogens is 384 g/mol. The first kappa shape index (κ1) is 21.3. The lowest BCUT2D eigenvalue weighted by molar-refractivity contribution is -0.277. The Hall–Kier alpha value is -2.43. The average molecular weight is 408 g/mol. The summed E-state index contributed by atoms with van der Waals surface area (Å²) >= 11 is 0. The zero-order chi connectivity index (χ0) is 21.5. The first-order chi connectivity index (χ1) is 13.7. The molecule has 1 saturated heterocycles. The number of ketones is 1. The first-order valence-corrected chi connectivity index (χ1v) is 9.02. The zero-order valence-corrected chi connectivity index (χ0v) is 16.2. The van der Waals surface area contributed by atoms with E-state index >= 15 is 0 Å². The molecule has 0 unspecified atom stereocenters. The van der Waals surface area contributed by atoms with Crippen LogP contribution in [0.5, 0.6) is 17.2 Å². The van der Waals surface area contributed by atoms with E-state index in [0.29, 0.717) is 16.7 Å². The summed E-state index contributed by atoms with van der Waals surface area (Å²) in [6.07, 6.45) is -7.39. The lowest BCUT2D eigenvalue weighted by Gasteiger charge is -2.39. The Morgan fingerprint density at radius 3 is 2.41 bits per heavy atom. The highest BCUT2D eigenvalue weighted by atomic mass is 16.7. The Morgan fingerprint density at radius 1 is 1.14 bits per heavy atom. The molecule has 0 spiro atoms. The number of hydrogen-bond acceptors (Lipinski definition) is 9. The minimum atomic E-state index is -1.63. The number of phenols is 1. The van der Waals surface area contributed by atoms with Gasteiger partial charge in [-0.2, -0.15) is 0 Å². The molecule has 1 aliphatic rings. The van der Waals surface area contributed by atoms with Gasteiger partial charge in [0.2, 0.25) is 6.29 Å². The standard InChI is InChI=1S/C20H24O9/c1-8-4-10-5-11(27-3)6-12(15(10)17(24)14(8)9(2)22)28-20-19(26)18(25)16(23)13(7-21)29-20/h4-6,13,16,18-21,23-26H,7H2,1-3H3/t13-,16-,18+,19-,20-/m0/s1. The van der Waals surface area contributed by atoms with Crippen molar-refractivity contribution in [2.24, 2.45) is 0 Å². The number of ether oxygens (including phenoxy) is 3. The van der Waals surface area contributed by atoms with Crippen LogP contribution >= 0.6 is 0 Å². The van der Waals surface area contributed by atoms with E-state index in [1.165, 1.54) is 20.1 Å². The quantitative estimate of drug-likeness (QED) is 0.439. The third-order valence-electron chi connectivity index (χ3n) is 5.03. The van der Waals surface area contributed by atoms with Gasteiger partial charge in [0.25, 0.3) is 0 Å². The third-order valence-corrected chi connectivity index (χ3v) is 5.03. The van der Waals surface area contributed by atoms with Crippen molar-refractivity contribution in [1.82, 2.24) is 0 Å². The minimum absolute atomic E-state index is 0.0312. The minimum Gasteiger partial charge on any atom is -0.506 e. The monoisotopic (exact) mass is 408 g/mol. The molecule has 158 valence electrons. The Morgan fingerprint density at radius 2 is 1.83 bits per heavy atom. The number of rotatable bonds is 5. The number of fused-ring (bicyclic) bond motifs is 1. The van der Waals surface area contributed by atoms with E-state index in [4.69, 9.17) is 14.2 Å². The smallest absolute Gasteiger partial charge is 0.229 e. The number of carbonyl (C=O) groups excluding carboxylic acids is 1. The highest BCUT2D eigenvalue weighted by Gasteiger charge is 2.45. The average Bonchev–Trinajstić information content (AvgIpc) is 2.67. The first-order valence-electron chi connectivity index (χ1n) is 9.02. The largest absolute Gasteiger partial charge is 0.506 e. The van der Waals surface area contributed by atoms with Gasteiger partial charge >= 0.3 is 0 Å². The molecule has 0 bridgehead atoms. The van der Waals surface area contributed by atoms with Crippen LogP contribution in [0.4, 0.5) is 0 Å². The molecule has 1 fully saturated rings. The van der Waals surface area contributed by atoms with Crippen LogP contribution < -0.4 is 9.47 Å². The fourth-order valence-electron chi connectivity index (χ4n) is 3.54. The normalized spacial score (nSPS) is 27.1. The number of carbonyl (C=O) groups is 1. The summed E-state index contributed by atoms with van der Waals surface area (Å²) in [4.78, 5) is 12.0. The molecule has 1 heterocycles. The summed E-state index contributed by atoms with van der Waals surface area (Å²) in [7, 11) is 1.44. The summed E-state index contributed by atoms with van der Waals surface area (Å²) in [6.45, 7) is 2.41. The van der Waals surface area contributed by atoms with Gasteiger partial charge in [-0.05, 0) is 30.9 Å². The van der Waals surface area contributed by atoms with Gasteiger partial charge < -0.3 is 39.7 Å². The third kappa shape index (κ3) is 3.75. The molecule has 5 atom stereocenters. The van der Waals surface area contributed by atoms with Crippen LogP contribution in [-0.4, -0.2) is 75.7 Å². The van der Waals surface area contributed by atoms with Gasteiger partial charge in [-0.1, -0.05) is 6.07 Å². The van der Waals surface area contributed by atoms with E-state index < -0.39 is 37.3 Å². The predicted molar refractivity (Wildman–Crippen MR) is 101 cm³/mol. The number of Topliss-reactive ketones (excluding diaryl/α,β-unsaturated/α-hetero) is 1. The van der Waals surface area contributed by atoms with Gasteiger partial charge in [-0.3, -0.25) is 4.79 Å². The Bertz CT molecular complexity index is 924. The van der Waals surface area contributed by atoms with Crippen molar-refractivity contribution >= 4 is 16.6 Å². The van der Waals surface area contributed by atoms with Gasteiger partial charge in [0.15, 0.2) is 5.78 Å². The number of methoxy groups -OCH3 is 1. The summed E-state index contributed by atoms with van der Waals surface area (Å²) in [5.74, 6) is -0.221. The van der Waals surface area contributed by atoms with Crippen molar-refractivity contribution < 1.29 is 44.5 Å². The topological polar surface area (TPSA) is 146 Å². The van der Waals surface area contributed by atoms with Crippen LogP contribution in [0.15, 0.2) is 18.2 Å². The second kappa shape index (κ2) is 8.13. The molecule has 0 saturated carbocycles. The van der Waals surface area contributed by atoms with E-state index in [1.54, 1.807) is 19.1 Å². The lowest BCUT2D eigenvalue weighted by Crippen LogP contribution is -2.60. The van der Waals surface area contributed by atoms with Gasteiger partial charge in [-0.25, -0.2) is 0 Å². The maximum absolute atomic E-state index is 12.0.